The topological polar surface area (TPSA) is 96.9 Å². The number of rotatable bonds is 2. The molecule has 4 aliphatic rings. The highest BCUT2D eigenvalue weighted by Gasteiger charge is 2.55. The van der Waals surface area contributed by atoms with Crippen LogP contribution in [0.25, 0.3) is 32.9 Å². The molecule has 1 aliphatic carbocycles. The van der Waals surface area contributed by atoms with Crippen molar-refractivity contribution in [1.82, 2.24) is 14.9 Å². The summed E-state index contributed by atoms with van der Waals surface area (Å²) in [5.74, 6) is 2.02. The van der Waals surface area contributed by atoms with Gasteiger partial charge in [0.1, 0.15) is 18.2 Å². The molecule has 3 aliphatic heterocycles. The Morgan fingerprint density at radius 1 is 1.05 bits per heavy atom. The fourth-order valence-electron chi connectivity index (χ4n) is 6.59. The number of nitrogens with one attached hydrogen (secondary N) is 1. The van der Waals surface area contributed by atoms with Gasteiger partial charge < -0.3 is 24.1 Å². The molecular formula is C30H30BN3O5. The largest absolute Gasteiger partial charge is 0.494 e. The molecule has 0 bridgehead atoms. The van der Waals surface area contributed by atoms with Gasteiger partial charge in [0.2, 0.25) is 0 Å². The predicted molar refractivity (Wildman–Crippen MR) is 148 cm³/mol. The Morgan fingerprint density at radius 3 is 2.62 bits per heavy atom. The molecule has 8 nitrogen and oxygen atoms in total. The van der Waals surface area contributed by atoms with E-state index in [9.17, 15) is 9.90 Å². The maximum atomic E-state index is 11.9. The van der Waals surface area contributed by atoms with E-state index in [4.69, 9.17) is 19.0 Å². The summed E-state index contributed by atoms with van der Waals surface area (Å²) in [5, 5.41) is 11.9. The van der Waals surface area contributed by atoms with E-state index in [-0.39, 0.29) is 12.1 Å². The highest BCUT2D eigenvalue weighted by atomic mass is 16.7. The van der Waals surface area contributed by atoms with Crippen molar-refractivity contribution in [2.24, 2.45) is 5.92 Å². The van der Waals surface area contributed by atoms with Crippen LogP contribution in [0.5, 0.6) is 5.75 Å². The molecule has 8 rings (SSSR count). The number of aromatic amines is 1. The summed E-state index contributed by atoms with van der Waals surface area (Å²) in [6.07, 6.45) is 0.936. The number of ether oxygens (including phenoxy) is 1. The van der Waals surface area contributed by atoms with Crippen LogP contribution in [0, 0.1) is 5.92 Å². The molecule has 3 fully saturated rings. The van der Waals surface area contributed by atoms with E-state index >= 15 is 0 Å². The van der Waals surface area contributed by atoms with Crippen LogP contribution in [0.1, 0.15) is 58.0 Å². The number of piperidine rings is 1. The highest BCUT2D eigenvalue weighted by molar-refractivity contribution is 6.62. The summed E-state index contributed by atoms with van der Waals surface area (Å²) in [7, 11) is -0.413. The average molecular weight is 523 g/mol. The van der Waals surface area contributed by atoms with E-state index in [1.807, 2.05) is 6.07 Å². The van der Waals surface area contributed by atoms with E-state index in [1.165, 1.54) is 0 Å². The van der Waals surface area contributed by atoms with Crippen molar-refractivity contribution in [1.29, 1.82) is 0 Å². The molecule has 39 heavy (non-hydrogen) atoms. The number of carbonyl (C=O) groups is 1. The Morgan fingerprint density at radius 2 is 1.85 bits per heavy atom. The third-order valence-electron chi connectivity index (χ3n) is 9.56. The maximum absolute atomic E-state index is 11.9. The number of amides is 1. The van der Waals surface area contributed by atoms with Gasteiger partial charge >= 0.3 is 13.2 Å². The minimum atomic E-state index is -0.863. The Bertz CT molecular complexity index is 1700. The van der Waals surface area contributed by atoms with E-state index in [2.05, 4.69) is 69.1 Å². The second-order valence-electron chi connectivity index (χ2n) is 12.4. The van der Waals surface area contributed by atoms with E-state index in [0.29, 0.717) is 12.5 Å². The summed E-state index contributed by atoms with van der Waals surface area (Å²) in [4.78, 5) is 21.8. The quantitative estimate of drug-likeness (QED) is 0.342. The van der Waals surface area contributed by atoms with Crippen LogP contribution in [0.2, 0.25) is 0 Å². The number of likely N-dealkylation sites (tertiary alicyclic amines) is 1. The number of H-pyrrole nitrogens is 1. The van der Waals surface area contributed by atoms with Gasteiger partial charge in [-0.1, -0.05) is 24.3 Å². The van der Waals surface area contributed by atoms with Gasteiger partial charge in [0.15, 0.2) is 0 Å². The number of fused-ring (bicyclic) bond motifs is 7. The van der Waals surface area contributed by atoms with Crippen LogP contribution >= 0.6 is 0 Å². The molecule has 3 unspecified atom stereocenters. The Labute approximate surface area is 226 Å². The third kappa shape index (κ3) is 3.32. The standard InChI is InChI=1S/C30H30BN3O5/c1-29(2)30(3,4)39-31(38-29)18-6-7-19-17(9-18)14-37-25-13-20-15(10-21(19)25)5-8-22-26(20)33-27(32-22)24-12-16-11-23(16)34(24)28(35)36/h5-10,13,16,23-24H,11-12,14H2,1-4H3,(H,32,33)(H,35,36). The predicted octanol–water partition coefficient (Wildman–Crippen LogP) is 5.39. The van der Waals surface area contributed by atoms with Crippen LogP contribution in [0.15, 0.2) is 42.5 Å². The lowest BCUT2D eigenvalue weighted by molar-refractivity contribution is 0.00578. The molecule has 4 aromatic rings. The molecule has 1 aromatic heterocycles. The SMILES string of the molecule is CC1(C)OB(c2ccc3c(c2)COc2cc4c(ccc5nc(C6CC7CC7N6C(=O)O)[nH]c54)cc2-3)OC1(C)C. The van der Waals surface area contributed by atoms with Gasteiger partial charge in [-0.05, 0) is 86.6 Å². The molecule has 0 spiro atoms. The first-order valence-corrected chi connectivity index (χ1v) is 13.7. The molecule has 3 atom stereocenters. The summed E-state index contributed by atoms with van der Waals surface area (Å²) in [6.45, 7) is 8.72. The second kappa shape index (κ2) is 7.55. The minimum Gasteiger partial charge on any atom is -0.488 e. The van der Waals surface area contributed by atoms with E-state index in [0.717, 1.165) is 68.4 Å². The third-order valence-corrected chi connectivity index (χ3v) is 9.56. The fraction of sp³-hybridized carbons (Fsp3) is 0.400. The van der Waals surface area contributed by atoms with Crippen molar-refractivity contribution < 1.29 is 23.9 Å². The second-order valence-corrected chi connectivity index (χ2v) is 12.4. The number of carboxylic acid groups (broad SMARTS) is 1. The van der Waals surface area contributed by atoms with Crippen molar-refractivity contribution in [3.05, 3.63) is 53.9 Å². The first-order valence-electron chi connectivity index (χ1n) is 13.7. The monoisotopic (exact) mass is 523 g/mol. The van der Waals surface area contributed by atoms with Crippen molar-refractivity contribution >= 4 is 40.5 Å². The lowest BCUT2D eigenvalue weighted by Gasteiger charge is -2.32. The summed E-state index contributed by atoms with van der Waals surface area (Å²) < 4.78 is 18.8. The van der Waals surface area contributed by atoms with Gasteiger partial charge in [-0.25, -0.2) is 9.78 Å². The van der Waals surface area contributed by atoms with Crippen LogP contribution in [0.4, 0.5) is 4.79 Å². The molecule has 2 saturated heterocycles. The van der Waals surface area contributed by atoms with Gasteiger partial charge in [-0.2, -0.15) is 0 Å². The Kier molecular flexibility index (Phi) is 4.52. The lowest BCUT2D eigenvalue weighted by atomic mass is 9.77. The summed E-state index contributed by atoms with van der Waals surface area (Å²) >= 11 is 0. The highest BCUT2D eigenvalue weighted by Crippen LogP contribution is 2.53. The lowest BCUT2D eigenvalue weighted by Crippen LogP contribution is -2.41. The summed E-state index contributed by atoms with van der Waals surface area (Å²) in [5.41, 5.74) is 5.27. The number of imidazole rings is 1. The van der Waals surface area contributed by atoms with E-state index < -0.39 is 24.4 Å². The first-order chi connectivity index (χ1) is 18.6. The first kappa shape index (κ1) is 23.3. The smallest absolute Gasteiger partial charge is 0.488 e. The molecule has 2 N–H and O–H groups in total. The number of hydrogen-bond acceptors (Lipinski definition) is 5. The molecule has 1 amide bonds. The molecule has 1 saturated carbocycles. The van der Waals surface area contributed by atoms with Crippen molar-refractivity contribution in [3.8, 4) is 16.9 Å². The van der Waals surface area contributed by atoms with Crippen molar-refractivity contribution in [3.63, 3.8) is 0 Å². The normalized spacial score (nSPS) is 25.9. The number of hydrogen-bond donors (Lipinski definition) is 2. The summed E-state index contributed by atoms with van der Waals surface area (Å²) in [6, 6.07) is 14.6. The maximum Gasteiger partial charge on any atom is 0.494 e. The number of benzene rings is 3. The molecular weight excluding hydrogens is 493 g/mol. The zero-order valence-electron chi connectivity index (χ0n) is 22.4. The molecule has 3 aromatic carbocycles. The van der Waals surface area contributed by atoms with Gasteiger partial charge in [0, 0.05) is 17.0 Å². The van der Waals surface area contributed by atoms with Gasteiger partial charge in [-0.15, -0.1) is 0 Å². The molecule has 4 heterocycles. The Hall–Kier alpha value is -3.56. The molecule has 198 valence electrons. The van der Waals surface area contributed by atoms with Crippen molar-refractivity contribution in [2.45, 2.75) is 70.4 Å². The van der Waals surface area contributed by atoms with Crippen LogP contribution in [0.3, 0.4) is 0 Å². The van der Waals surface area contributed by atoms with Crippen molar-refractivity contribution in [2.75, 3.05) is 0 Å². The number of nitrogens with zero attached hydrogens (tertiary/aromatic N) is 2. The zero-order chi connectivity index (χ0) is 26.8. The van der Waals surface area contributed by atoms with Gasteiger partial charge in [0.25, 0.3) is 0 Å². The molecule has 9 heteroatoms. The van der Waals surface area contributed by atoms with Crippen LogP contribution in [-0.4, -0.2) is 50.4 Å². The average Bonchev–Trinajstić information content (AvgIpc) is 3.24. The number of aromatic nitrogens is 2. The van der Waals surface area contributed by atoms with Gasteiger partial charge in [0.05, 0.1) is 28.3 Å². The van der Waals surface area contributed by atoms with Gasteiger partial charge in [-0.3, -0.25) is 4.90 Å². The Balaban J connectivity index is 1.16. The van der Waals surface area contributed by atoms with Crippen LogP contribution < -0.4 is 10.2 Å². The minimum absolute atomic E-state index is 0.142. The molecule has 0 radical (unpaired) electrons. The van der Waals surface area contributed by atoms with Crippen LogP contribution in [-0.2, 0) is 15.9 Å². The van der Waals surface area contributed by atoms with E-state index in [1.54, 1.807) is 4.90 Å². The fourth-order valence-corrected chi connectivity index (χ4v) is 6.59. The zero-order valence-corrected chi connectivity index (χ0v) is 22.4.